The van der Waals surface area contributed by atoms with Gasteiger partial charge in [-0.25, -0.2) is 4.39 Å². The first-order chi connectivity index (χ1) is 10.3. The van der Waals surface area contributed by atoms with Crippen LogP contribution in [0.2, 0.25) is 0 Å². The standard InChI is InChI=1S/C16H24FN3O2/c1-11(2)19-15(21)10-20(4)12(3)16(22)18-9-13-5-7-14(17)8-6-13/h5-8,11-12H,9-10H2,1-4H3,(H,18,22)(H,19,21). The zero-order valence-electron chi connectivity index (χ0n) is 13.5. The maximum atomic E-state index is 12.8. The highest BCUT2D eigenvalue weighted by Gasteiger charge is 2.20. The van der Waals surface area contributed by atoms with E-state index >= 15 is 0 Å². The van der Waals surface area contributed by atoms with Crippen LogP contribution in [-0.2, 0) is 16.1 Å². The highest BCUT2D eigenvalue weighted by molar-refractivity contribution is 5.83. The summed E-state index contributed by atoms with van der Waals surface area (Å²) in [6, 6.07) is 5.60. The Morgan fingerprint density at radius 2 is 1.77 bits per heavy atom. The van der Waals surface area contributed by atoms with Crippen LogP contribution < -0.4 is 10.6 Å². The summed E-state index contributed by atoms with van der Waals surface area (Å²) in [7, 11) is 1.72. The summed E-state index contributed by atoms with van der Waals surface area (Å²) < 4.78 is 12.8. The minimum atomic E-state index is -0.432. The van der Waals surface area contributed by atoms with Crippen molar-refractivity contribution < 1.29 is 14.0 Å². The summed E-state index contributed by atoms with van der Waals surface area (Å²) in [5.74, 6) is -0.598. The van der Waals surface area contributed by atoms with Crippen LogP contribution in [0.5, 0.6) is 0 Å². The monoisotopic (exact) mass is 309 g/mol. The molecule has 1 rings (SSSR count). The summed E-state index contributed by atoms with van der Waals surface area (Å²) in [5.41, 5.74) is 0.821. The van der Waals surface area contributed by atoms with E-state index in [9.17, 15) is 14.0 Å². The van der Waals surface area contributed by atoms with E-state index in [-0.39, 0.29) is 30.2 Å². The second kappa shape index (κ2) is 8.48. The lowest BCUT2D eigenvalue weighted by Gasteiger charge is -2.23. The zero-order chi connectivity index (χ0) is 16.7. The minimum absolute atomic E-state index is 0.0727. The van der Waals surface area contributed by atoms with E-state index in [1.807, 2.05) is 13.8 Å². The molecule has 0 bridgehead atoms. The van der Waals surface area contributed by atoms with Crippen molar-refractivity contribution in [3.63, 3.8) is 0 Å². The van der Waals surface area contributed by atoms with Crippen LogP contribution in [0.4, 0.5) is 4.39 Å². The molecular weight excluding hydrogens is 285 g/mol. The van der Waals surface area contributed by atoms with Crippen LogP contribution in [0, 0.1) is 5.82 Å². The van der Waals surface area contributed by atoms with Crippen LogP contribution in [-0.4, -0.2) is 42.4 Å². The highest BCUT2D eigenvalue weighted by atomic mass is 19.1. The quantitative estimate of drug-likeness (QED) is 0.798. The van der Waals surface area contributed by atoms with Gasteiger partial charge in [0.1, 0.15) is 5.82 Å². The molecule has 6 heteroatoms. The van der Waals surface area contributed by atoms with Gasteiger partial charge in [0.2, 0.25) is 11.8 Å². The van der Waals surface area contributed by atoms with Crippen molar-refractivity contribution in [2.75, 3.05) is 13.6 Å². The molecule has 5 nitrogen and oxygen atoms in total. The molecule has 0 radical (unpaired) electrons. The Morgan fingerprint density at radius 1 is 1.18 bits per heavy atom. The fraction of sp³-hybridized carbons (Fsp3) is 0.500. The summed E-state index contributed by atoms with van der Waals surface area (Å²) >= 11 is 0. The number of nitrogens with zero attached hydrogens (tertiary/aromatic N) is 1. The van der Waals surface area contributed by atoms with Crippen molar-refractivity contribution >= 4 is 11.8 Å². The molecule has 1 aromatic carbocycles. The second-order valence-corrected chi connectivity index (χ2v) is 5.66. The van der Waals surface area contributed by atoms with Gasteiger partial charge in [0.15, 0.2) is 0 Å². The lowest BCUT2D eigenvalue weighted by molar-refractivity contribution is -0.128. The van der Waals surface area contributed by atoms with E-state index in [0.29, 0.717) is 6.54 Å². The molecule has 0 aromatic heterocycles. The number of likely N-dealkylation sites (N-methyl/N-ethyl adjacent to an activating group) is 1. The van der Waals surface area contributed by atoms with Gasteiger partial charge in [0.25, 0.3) is 0 Å². The van der Waals surface area contributed by atoms with Gasteiger partial charge in [-0.2, -0.15) is 0 Å². The third-order valence-electron chi connectivity index (χ3n) is 3.26. The fourth-order valence-electron chi connectivity index (χ4n) is 1.87. The predicted molar refractivity (Wildman–Crippen MR) is 83.6 cm³/mol. The van der Waals surface area contributed by atoms with E-state index in [1.54, 1.807) is 31.0 Å². The third kappa shape index (κ3) is 6.22. The molecule has 1 unspecified atom stereocenters. The van der Waals surface area contributed by atoms with Crippen molar-refractivity contribution in [2.24, 2.45) is 0 Å². The molecule has 0 heterocycles. The lowest BCUT2D eigenvalue weighted by atomic mass is 10.2. The Labute approximate surface area is 130 Å². The molecule has 0 aliphatic rings. The number of amides is 2. The van der Waals surface area contributed by atoms with Gasteiger partial charge in [-0.1, -0.05) is 12.1 Å². The summed E-state index contributed by atoms with van der Waals surface area (Å²) in [5, 5.41) is 5.56. The SMILES string of the molecule is CC(C)NC(=O)CN(C)C(C)C(=O)NCc1ccc(F)cc1. The first kappa shape index (κ1) is 18.1. The van der Waals surface area contributed by atoms with Gasteiger partial charge in [0, 0.05) is 12.6 Å². The molecule has 2 N–H and O–H groups in total. The largest absolute Gasteiger partial charge is 0.353 e. The summed E-state index contributed by atoms with van der Waals surface area (Å²) in [6.07, 6.45) is 0. The molecule has 22 heavy (non-hydrogen) atoms. The molecule has 0 spiro atoms. The topological polar surface area (TPSA) is 61.4 Å². The number of rotatable bonds is 7. The van der Waals surface area contributed by atoms with Gasteiger partial charge >= 0.3 is 0 Å². The average Bonchev–Trinajstić information content (AvgIpc) is 2.44. The molecule has 122 valence electrons. The van der Waals surface area contributed by atoms with E-state index in [0.717, 1.165) is 5.56 Å². The number of nitrogens with one attached hydrogen (secondary N) is 2. The molecule has 0 aliphatic carbocycles. The zero-order valence-corrected chi connectivity index (χ0v) is 13.5. The van der Waals surface area contributed by atoms with Crippen molar-refractivity contribution in [3.8, 4) is 0 Å². The number of carbonyl (C=O) groups excluding carboxylic acids is 2. The van der Waals surface area contributed by atoms with E-state index in [4.69, 9.17) is 0 Å². The van der Waals surface area contributed by atoms with Crippen molar-refractivity contribution in [1.29, 1.82) is 0 Å². The van der Waals surface area contributed by atoms with Crippen LogP contribution in [0.3, 0.4) is 0 Å². The van der Waals surface area contributed by atoms with Crippen LogP contribution in [0.25, 0.3) is 0 Å². The normalized spacial score (nSPS) is 12.3. The van der Waals surface area contributed by atoms with E-state index in [1.165, 1.54) is 12.1 Å². The Balaban J connectivity index is 2.43. The number of carbonyl (C=O) groups is 2. The van der Waals surface area contributed by atoms with Gasteiger partial charge in [-0.3, -0.25) is 14.5 Å². The minimum Gasteiger partial charge on any atom is -0.353 e. The summed E-state index contributed by atoms with van der Waals surface area (Å²) in [4.78, 5) is 25.4. The molecule has 0 fully saturated rings. The van der Waals surface area contributed by atoms with Gasteiger partial charge in [0.05, 0.1) is 12.6 Å². The van der Waals surface area contributed by atoms with E-state index in [2.05, 4.69) is 10.6 Å². The molecule has 2 amide bonds. The molecular formula is C16H24FN3O2. The maximum Gasteiger partial charge on any atom is 0.237 e. The molecule has 0 saturated carbocycles. The lowest BCUT2D eigenvalue weighted by Crippen LogP contribution is -2.47. The number of hydrogen-bond donors (Lipinski definition) is 2. The Morgan fingerprint density at radius 3 is 2.32 bits per heavy atom. The molecule has 0 aliphatic heterocycles. The Bertz CT molecular complexity index is 503. The fourth-order valence-corrected chi connectivity index (χ4v) is 1.87. The van der Waals surface area contributed by atoms with Gasteiger partial charge < -0.3 is 10.6 Å². The first-order valence-electron chi connectivity index (χ1n) is 7.31. The molecule has 1 atom stereocenters. The van der Waals surface area contributed by atoms with Gasteiger partial charge in [-0.15, -0.1) is 0 Å². The van der Waals surface area contributed by atoms with Crippen molar-refractivity contribution in [1.82, 2.24) is 15.5 Å². The van der Waals surface area contributed by atoms with Crippen LogP contribution in [0.1, 0.15) is 26.3 Å². The third-order valence-corrected chi connectivity index (χ3v) is 3.26. The highest BCUT2D eigenvalue weighted by Crippen LogP contribution is 2.03. The Hall–Kier alpha value is -1.95. The second-order valence-electron chi connectivity index (χ2n) is 5.66. The van der Waals surface area contributed by atoms with E-state index < -0.39 is 6.04 Å². The maximum absolute atomic E-state index is 12.8. The smallest absolute Gasteiger partial charge is 0.237 e. The van der Waals surface area contributed by atoms with Crippen LogP contribution in [0.15, 0.2) is 24.3 Å². The summed E-state index contributed by atoms with van der Waals surface area (Å²) in [6.45, 7) is 5.99. The first-order valence-corrected chi connectivity index (χ1v) is 7.31. The number of hydrogen-bond acceptors (Lipinski definition) is 3. The number of halogens is 1. The Kier molecular flexibility index (Phi) is 6.98. The van der Waals surface area contributed by atoms with Gasteiger partial charge in [-0.05, 0) is 45.5 Å². The predicted octanol–water partition coefficient (Wildman–Crippen LogP) is 1.29. The number of benzene rings is 1. The average molecular weight is 309 g/mol. The van der Waals surface area contributed by atoms with Crippen molar-refractivity contribution in [2.45, 2.75) is 39.4 Å². The molecule has 0 saturated heterocycles. The van der Waals surface area contributed by atoms with Crippen molar-refractivity contribution in [3.05, 3.63) is 35.6 Å². The molecule has 1 aromatic rings. The van der Waals surface area contributed by atoms with Crippen LogP contribution >= 0.6 is 0 Å².